The fourth-order valence-corrected chi connectivity index (χ4v) is 6.79. The first-order valence-corrected chi connectivity index (χ1v) is 14.0. The Labute approximate surface area is 232 Å². The Morgan fingerprint density at radius 3 is 2.71 bits per heavy atom. The Bertz CT molecular complexity index is 1770. The van der Waals surface area contributed by atoms with Gasteiger partial charge in [-0.3, -0.25) is 9.36 Å². The van der Waals surface area contributed by atoms with Crippen LogP contribution in [0.1, 0.15) is 34.7 Å². The van der Waals surface area contributed by atoms with Gasteiger partial charge in [-0.1, -0.05) is 78.6 Å². The molecular weight excluding hydrogens is 560 g/mol. The summed E-state index contributed by atoms with van der Waals surface area (Å²) in [6.07, 6.45) is 5.39. The fraction of sp³-hybridized carbons (Fsp3) is 0.161. The molecule has 0 spiro atoms. The second-order valence-corrected chi connectivity index (χ2v) is 11.0. The molecule has 3 aromatic carbocycles. The zero-order chi connectivity index (χ0) is 26.2. The number of aromatic nitrogens is 1. The van der Waals surface area contributed by atoms with Gasteiger partial charge in [0.05, 0.1) is 27.9 Å². The minimum Gasteiger partial charge on any atom is -0.493 e. The van der Waals surface area contributed by atoms with E-state index in [1.54, 1.807) is 13.2 Å². The first kappa shape index (κ1) is 24.6. The summed E-state index contributed by atoms with van der Waals surface area (Å²) in [4.78, 5) is 19.7. The van der Waals surface area contributed by atoms with Crippen LogP contribution in [0.4, 0.5) is 0 Å². The normalized spacial score (nSPS) is 16.3. The van der Waals surface area contributed by atoms with Gasteiger partial charge in [-0.2, -0.15) is 0 Å². The topological polar surface area (TPSA) is 52.8 Å². The maximum Gasteiger partial charge on any atom is 0.271 e. The van der Waals surface area contributed by atoms with Crippen LogP contribution >= 0.6 is 27.3 Å². The molecule has 0 amide bonds. The molecule has 1 aliphatic carbocycles. The molecule has 0 fully saturated rings. The molecule has 190 valence electrons. The minimum absolute atomic E-state index is 0.0462. The predicted octanol–water partition coefficient (Wildman–Crippen LogP) is 5.65. The summed E-state index contributed by atoms with van der Waals surface area (Å²) in [5.74, 6) is 1.18. The van der Waals surface area contributed by atoms with Gasteiger partial charge >= 0.3 is 0 Å². The Morgan fingerprint density at radius 2 is 1.92 bits per heavy atom. The van der Waals surface area contributed by atoms with Crippen LogP contribution in [0, 0.1) is 0 Å². The number of aryl methyl sites for hydroxylation is 1. The molecule has 1 aromatic heterocycles. The van der Waals surface area contributed by atoms with Crippen LogP contribution in [-0.4, -0.2) is 18.3 Å². The van der Waals surface area contributed by atoms with Gasteiger partial charge in [0.25, 0.3) is 5.56 Å². The average molecular weight is 586 g/mol. The van der Waals surface area contributed by atoms with Crippen LogP contribution in [0.25, 0.3) is 11.8 Å². The number of fused-ring (bicyclic) bond motifs is 3. The molecule has 1 atom stereocenters. The van der Waals surface area contributed by atoms with Crippen molar-refractivity contribution in [2.75, 3.05) is 13.7 Å². The molecule has 6 rings (SSSR count). The molecule has 0 N–H and O–H groups in total. The van der Waals surface area contributed by atoms with Gasteiger partial charge in [0, 0.05) is 5.56 Å². The molecule has 2 aliphatic rings. The summed E-state index contributed by atoms with van der Waals surface area (Å²) in [5, 5.41) is 0. The van der Waals surface area contributed by atoms with E-state index in [0.29, 0.717) is 27.4 Å². The summed E-state index contributed by atoms with van der Waals surface area (Å²) in [7, 11) is 1.60. The summed E-state index contributed by atoms with van der Waals surface area (Å²) in [5.41, 5.74) is 6.54. The van der Waals surface area contributed by atoms with Crippen molar-refractivity contribution >= 4 is 39.0 Å². The number of benzene rings is 3. The number of allylic oxidation sites excluding steroid dienone is 1. The van der Waals surface area contributed by atoms with Gasteiger partial charge in [-0.15, -0.1) is 0 Å². The number of thiazole rings is 1. The fourth-order valence-electron chi connectivity index (χ4n) is 5.21. The molecule has 2 heterocycles. The number of hydrogen-bond donors (Lipinski definition) is 0. The number of halogens is 1. The lowest BCUT2D eigenvalue weighted by molar-refractivity contribution is 0.324. The maximum absolute atomic E-state index is 14.0. The van der Waals surface area contributed by atoms with Crippen LogP contribution in [0.3, 0.4) is 0 Å². The van der Waals surface area contributed by atoms with Crippen molar-refractivity contribution < 1.29 is 9.47 Å². The first-order chi connectivity index (χ1) is 18.6. The standard InChI is InChI=1S/C31H25BrN2O3S/c1-3-15-37-29-24(32)16-19(17-25(29)36-2)18-26-30(35)34-28(21-10-5-4-6-11-21)23-14-13-20-9-7-8-12-22(20)27(23)33-31(34)38-26/h3-12,16-18,28H,1,13-15H2,2H3. The van der Waals surface area contributed by atoms with E-state index in [1.807, 2.05) is 41.0 Å². The highest BCUT2D eigenvalue weighted by Gasteiger charge is 2.32. The van der Waals surface area contributed by atoms with Gasteiger partial charge in [0.1, 0.15) is 6.61 Å². The lowest BCUT2D eigenvalue weighted by Crippen LogP contribution is -2.38. The highest BCUT2D eigenvalue weighted by molar-refractivity contribution is 9.10. The van der Waals surface area contributed by atoms with Crippen LogP contribution in [0.5, 0.6) is 11.5 Å². The van der Waals surface area contributed by atoms with E-state index in [4.69, 9.17) is 14.5 Å². The smallest absolute Gasteiger partial charge is 0.271 e. The van der Waals surface area contributed by atoms with Crippen molar-refractivity contribution in [2.24, 2.45) is 4.99 Å². The summed E-state index contributed by atoms with van der Waals surface area (Å²) >= 11 is 5.01. The molecule has 1 unspecified atom stereocenters. The Hall–Kier alpha value is -3.68. The predicted molar refractivity (Wildman–Crippen MR) is 156 cm³/mol. The minimum atomic E-state index is -0.186. The van der Waals surface area contributed by atoms with Crippen molar-refractivity contribution in [1.82, 2.24) is 4.57 Å². The highest BCUT2D eigenvalue weighted by Crippen LogP contribution is 2.41. The summed E-state index contributed by atoms with van der Waals surface area (Å²) < 4.78 is 14.6. The average Bonchev–Trinajstić information content (AvgIpc) is 3.25. The lowest BCUT2D eigenvalue weighted by atomic mass is 9.83. The number of methoxy groups -OCH3 is 1. The molecule has 0 saturated heterocycles. The maximum atomic E-state index is 14.0. The molecule has 5 nitrogen and oxygen atoms in total. The SMILES string of the molecule is C=CCOc1c(Br)cc(C=c2sc3n(c2=O)C(c2ccccc2)C2=C(N=3)c3ccccc3CC2)cc1OC. The number of rotatable bonds is 6. The summed E-state index contributed by atoms with van der Waals surface area (Å²) in [6.45, 7) is 4.07. The van der Waals surface area contributed by atoms with Gasteiger partial charge < -0.3 is 9.47 Å². The molecule has 1 aliphatic heterocycles. The van der Waals surface area contributed by atoms with E-state index in [1.165, 1.54) is 22.5 Å². The van der Waals surface area contributed by atoms with Crippen LogP contribution < -0.4 is 24.4 Å². The third-order valence-electron chi connectivity index (χ3n) is 6.88. The molecule has 4 aromatic rings. The van der Waals surface area contributed by atoms with Crippen molar-refractivity contribution in [3.8, 4) is 11.5 Å². The molecular formula is C31H25BrN2O3S. The van der Waals surface area contributed by atoms with Gasteiger partial charge in [0.15, 0.2) is 16.3 Å². The monoisotopic (exact) mass is 584 g/mol. The first-order valence-electron chi connectivity index (χ1n) is 12.4. The summed E-state index contributed by atoms with van der Waals surface area (Å²) in [6, 6.07) is 22.3. The van der Waals surface area contributed by atoms with E-state index < -0.39 is 0 Å². The van der Waals surface area contributed by atoms with Crippen LogP contribution in [0.2, 0.25) is 0 Å². The molecule has 7 heteroatoms. The van der Waals surface area contributed by atoms with Crippen LogP contribution in [0.15, 0.2) is 99.2 Å². The van der Waals surface area contributed by atoms with Crippen molar-refractivity contribution in [3.05, 3.63) is 131 Å². The highest BCUT2D eigenvalue weighted by atomic mass is 79.9. The van der Waals surface area contributed by atoms with Gasteiger partial charge in [-0.05, 0) is 69.2 Å². The Kier molecular flexibility index (Phi) is 6.64. The Morgan fingerprint density at radius 1 is 1.13 bits per heavy atom. The van der Waals surface area contributed by atoms with Gasteiger partial charge in [0.2, 0.25) is 0 Å². The zero-order valence-corrected chi connectivity index (χ0v) is 23.2. The van der Waals surface area contributed by atoms with E-state index >= 15 is 0 Å². The second kappa shape index (κ2) is 10.2. The third kappa shape index (κ3) is 4.25. The molecule has 0 bridgehead atoms. The largest absolute Gasteiger partial charge is 0.493 e. The van der Waals surface area contributed by atoms with E-state index in [2.05, 4.69) is 58.9 Å². The Balaban J connectivity index is 1.55. The number of hydrogen-bond acceptors (Lipinski definition) is 5. The number of ether oxygens (including phenoxy) is 2. The quantitative estimate of drug-likeness (QED) is 0.275. The van der Waals surface area contributed by atoms with Gasteiger partial charge in [-0.25, -0.2) is 4.99 Å². The van der Waals surface area contributed by atoms with E-state index in [-0.39, 0.29) is 11.6 Å². The van der Waals surface area contributed by atoms with E-state index in [0.717, 1.165) is 39.7 Å². The third-order valence-corrected chi connectivity index (χ3v) is 8.46. The second-order valence-electron chi connectivity index (χ2n) is 9.16. The van der Waals surface area contributed by atoms with E-state index in [9.17, 15) is 4.79 Å². The molecule has 0 radical (unpaired) electrons. The van der Waals surface area contributed by atoms with Crippen LogP contribution in [-0.2, 0) is 6.42 Å². The number of nitrogens with zero attached hydrogens (tertiary/aromatic N) is 2. The van der Waals surface area contributed by atoms with Crippen molar-refractivity contribution in [1.29, 1.82) is 0 Å². The lowest BCUT2D eigenvalue weighted by Gasteiger charge is -2.30. The molecule has 0 saturated carbocycles. The zero-order valence-electron chi connectivity index (χ0n) is 20.8. The van der Waals surface area contributed by atoms with Crippen molar-refractivity contribution in [3.63, 3.8) is 0 Å². The molecule has 38 heavy (non-hydrogen) atoms. The van der Waals surface area contributed by atoms with Crippen molar-refractivity contribution in [2.45, 2.75) is 18.9 Å².